The van der Waals surface area contributed by atoms with Gasteiger partial charge in [0.05, 0.1) is 12.3 Å². The summed E-state index contributed by atoms with van der Waals surface area (Å²) in [5.74, 6) is 0. The molecule has 0 bridgehead atoms. The maximum atomic E-state index is 5.89. The zero-order chi connectivity index (χ0) is 13.1. The topological polar surface area (TPSA) is 56.3 Å². The Morgan fingerprint density at radius 2 is 2.33 bits per heavy atom. The Balaban J connectivity index is 2.02. The van der Waals surface area contributed by atoms with Gasteiger partial charge in [0, 0.05) is 51.1 Å². The van der Waals surface area contributed by atoms with Gasteiger partial charge in [0.25, 0.3) is 0 Å². The van der Waals surface area contributed by atoms with Crippen LogP contribution in [0.1, 0.15) is 24.1 Å². The zero-order valence-electron chi connectivity index (χ0n) is 11.6. The number of piperidine rings is 1. The van der Waals surface area contributed by atoms with Gasteiger partial charge in [-0.3, -0.25) is 9.58 Å². The predicted molar refractivity (Wildman–Crippen MR) is 71.2 cm³/mol. The molecule has 2 rings (SSSR count). The van der Waals surface area contributed by atoms with Crippen LogP contribution in [0.15, 0.2) is 6.20 Å². The van der Waals surface area contributed by atoms with E-state index in [1.807, 2.05) is 17.9 Å². The normalized spacial score (nSPS) is 25.6. The molecule has 2 heterocycles. The molecule has 1 aromatic heterocycles. The monoisotopic (exact) mass is 252 g/mol. The highest BCUT2D eigenvalue weighted by Crippen LogP contribution is 2.22. The molecule has 1 aromatic rings. The molecular formula is C13H24N4O. The van der Waals surface area contributed by atoms with Crippen LogP contribution in [0.5, 0.6) is 0 Å². The highest BCUT2D eigenvalue weighted by molar-refractivity contribution is 5.16. The number of aromatic nitrogens is 2. The lowest BCUT2D eigenvalue weighted by atomic mass is 9.98. The van der Waals surface area contributed by atoms with E-state index in [0.717, 1.165) is 25.9 Å². The molecule has 0 radical (unpaired) electrons. The van der Waals surface area contributed by atoms with Crippen molar-refractivity contribution in [3.8, 4) is 0 Å². The number of ether oxygens (including phenoxy) is 1. The molecule has 5 nitrogen and oxygen atoms in total. The molecule has 1 fully saturated rings. The average Bonchev–Trinajstić information content (AvgIpc) is 2.71. The van der Waals surface area contributed by atoms with Gasteiger partial charge in [-0.15, -0.1) is 0 Å². The summed E-state index contributed by atoms with van der Waals surface area (Å²) in [6.07, 6.45) is 4.45. The van der Waals surface area contributed by atoms with Gasteiger partial charge >= 0.3 is 0 Å². The van der Waals surface area contributed by atoms with Gasteiger partial charge in [-0.1, -0.05) is 0 Å². The Morgan fingerprint density at radius 1 is 1.56 bits per heavy atom. The maximum Gasteiger partial charge on any atom is 0.0599 e. The third-order valence-electron chi connectivity index (χ3n) is 4.11. The van der Waals surface area contributed by atoms with Gasteiger partial charge in [-0.2, -0.15) is 5.10 Å². The lowest BCUT2D eigenvalue weighted by Crippen LogP contribution is -2.48. The highest BCUT2D eigenvalue weighted by atomic mass is 16.5. The summed E-state index contributed by atoms with van der Waals surface area (Å²) in [6.45, 7) is 4.80. The standard InChI is InChI=1S/C13H24N4O/c1-10-11(8-15-16(10)2)9-17-5-4-13(18-3)6-12(17)7-14/h8,12-13H,4-7,9,14H2,1-3H3. The van der Waals surface area contributed by atoms with Crippen molar-refractivity contribution < 1.29 is 4.74 Å². The summed E-state index contributed by atoms with van der Waals surface area (Å²) >= 11 is 0. The lowest BCUT2D eigenvalue weighted by molar-refractivity contribution is 0.0101. The van der Waals surface area contributed by atoms with E-state index in [4.69, 9.17) is 10.5 Å². The van der Waals surface area contributed by atoms with Gasteiger partial charge in [-0.25, -0.2) is 0 Å². The molecule has 2 atom stereocenters. The van der Waals surface area contributed by atoms with Crippen molar-refractivity contribution in [3.05, 3.63) is 17.5 Å². The van der Waals surface area contributed by atoms with Gasteiger partial charge in [0.15, 0.2) is 0 Å². The second-order valence-corrected chi connectivity index (χ2v) is 5.12. The molecule has 0 saturated carbocycles. The van der Waals surface area contributed by atoms with E-state index in [-0.39, 0.29) is 0 Å². The van der Waals surface area contributed by atoms with Crippen LogP contribution < -0.4 is 5.73 Å². The van der Waals surface area contributed by atoms with Crippen molar-refractivity contribution in [1.82, 2.24) is 14.7 Å². The number of nitrogens with zero attached hydrogens (tertiary/aromatic N) is 3. The fourth-order valence-corrected chi connectivity index (χ4v) is 2.65. The van der Waals surface area contributed by atoms with E-state index in [1.165, 1.54) is 11.3 Å². The van der Waals surface area contributed by atoms with Gasteiger partial charge in [0.1, 0.15) is 0 Å². The summed E-state index contributed by atoms with van der Waals surface area (Å²) < 4.78 is 7.38. The van der Waals surface area contributed by atoms with Crippen LogP contribution in [0.25, 0.3) is 0 Å². The van der Waals surface area contributed by atoms with Crippen LogP contribution in [0, 0.1) is 6.92 Å². The fourth-order valence-electron chi connectivity index (χ4n) is 2.65. The Morgan fingerprint density at radius 3 is 2.89 bits per heavy atom. The molecule has 2 N–H and O–H groups in total. The lowest BCUT2D eigenvalue weighted by Gasteiger charge is -2.38. The maximum absolute atomic E-state index is 5.89. The summed E-state index contributed by atoms with van der Waals surface area (Å²) in [5, 5.41) is 4.30. The molecule has 0 aromatic carbocycles. The molecule has 102 valence electrons. The van der Waals surface area contributed by atoms with E-state index in [0.29, 0.717) is 18.7 Å². The van der Waals surface area contributed by atoms with Crippen molar-refractivity contribution >= 4 is 0 Å². The Bertz CT molecular complexity index is 390. The van der Waals surface area contributed by atoms with Crippen molar-refractivity contribution in [2.45, 2.75) is 38.5 Å². The van der Waals surface area contributed by atoms with E-state index in [9.17, 15) is 0 Å². The van der Waals surface area contributed by atoms with Crippen LogP contribution in [0.4, 0.5) is 0 Å². The largest absolute Gasteiger partial charge is 0.381 e. The number of methoxy groups -OCH3 is 1. The van der Waals surface area contributed by atoms with Crippen LogP contribution >= 0.6 is 0 Å². The number of hydrogen-bond donors (Lipinski definition) is 1. The summed E-state index contributed by atoms with van der Waals surface area (Å²) in [6, 6.07) is 0.420. The SMILES string of the molecule is COC1CCN(Cc2cnn(C)c2C)C(CN)C1. The van der Waals surface area contributed by atoms with Crippen molar-refractivity contribution in [2.75, 3.05) is 20.2 Å². The Hall–Kier alpha value is -0.910. The summed E-state index contributed by atoms with van der Waals surface area (Å²) in [5.41, 5.74) is 8.42. The van der Waals surface area contributed by atoms with Gasteiger partial charge in [-0.05, 0) is 19.8 Å². The first-order chi connectivity index (χ1) is 8.65. The number of hydrogen-bond acceptors (Lipinski definition) is 4. The zero-order valence-corrected chi connectivity index (χ0v) is 11.6. The second kappa shape index (κ2) is 5.82. The van der Waals surface area contributed by atoms with Crippen molar-refractivity contribution in [2.24, 2.45) is 12.8 Å². The van der Waals surface area contributed by atoms with Gasteiger partial charge in [0.2, 0.25) is 0 Å². The van der Waals surface area contributed by atoms with Crippen LogP contribution in [-0.2, 0) is 18.3 Å². The second-order valence-electron chi connectivity index (χ2n) is 5.12. The minimum Gasteiger partial charge on any atom is -0.381 e. The molecule has 0 spiro atoms. The minimum absolute atomic E-state index is 0.366. The van der Waals surface area contributed by atoms with E-state index < -0.39 is 0 Å². The molecule has 2 unspecified atom stereocenters. The fraction of sp³-hybridized carbons (Fsp3) is 0.769. The number of likely N-dealkylation sites (tertiary alicyclic amines) is 1. The van der Waals surface area contributed by atoms with E-state index in [1.54, 1.807) is 7.11 Å². The van der Waals surface area contributed by atoms with Crippen LogP contribution in [-0.4, -0.2) is 47.0 Å². The first-order valence-corrected chi connectivity index (χ1v) is 6.60. The first kappa shape index (κ1) is 13.5. The van der Waals surface area contributed by atoms with Crippen molar-refractivity contribution in [3.63, 3.8) is 0 Å². The Labute approximate surface area is 109 Å². The minimum atomic E-state index is 0.366. The molecule has 5 heteroatoms. The highest BCUT2D eigenvalue weighted by Gasteiger charge is 2.27. The predicted octanol–water partition coefficient (Wildman–Crippen LogP) is 0.667. The quantitative estimate of drug-likeness (QED) is 0.855. The molecule has 1 aliphatic heterocycles. The molecular weight excluding hydrogens is 228 g/mol. The molecule has 18 heavy (non-hydrogen) atoms. The summed E-state index contributed by atoms with van der Waals surface area (Å²) in [7, 11) is 3.77. The third-order valence-corrected chi connectivity index (χ3v) is 4.11. The van der Waals surface area contributed by atoms with Crippen molar-refractivity contribution in [1.29, 1.82) is 0 Å². The van der Waals surface area contributed by atoms with E-state index >= 15 is 0 Å². The summed E-state index contributed by atoms with van der Waals surface area (Å²) in [4.78, 5) is 2.46. The Kier molecular flexibility index (Phi) is 4.37. The van der Waals surface area contributed by atoms with E-state index in [2.05, 4.69) is 16.9 Å². The third kappa shape index (κ3) is 2.74. The smallest absolute Gasteiger partial charge is 0.0599 e. The molecule has 1 aliphatic rings. The molecule has 0 aliphatic carbocycles. The first-order valence-electron chi connectivity index (χ1n) is 6.60. The molecule has 1 saturated heterocycles. The van der Waals surface area contributed by atoms with Crippen LogP contribution in [0.2, 0.25) is 0 Å². The number of aryl methyl sites for hydroxylation is 1. The average molecular weight is 252 g/mol. The number of rotatable bonds is 4. The number of nitrogens with two attached hydrogens (primary N) is 1. The molecule has 0 amide bonds. The van der Waals surface area contributed by atoms with Crippen LogP contribution in [0.3, 0.4) is 0 Å². The van der Waals surface area contributed by atoms with Gasteiger partial charge < -0.3 is 10.5 Å².